The van der Waals surface area contributed by atoms with Crippen LogP contribution in [-0.2, 0) is 16.0 Å². The van der Waals surface area contributed by atoms with Gasteiger partial charge in [0.25, 0.3) is 0 Å². The molecule has 5 nitrogen and oxygen atoms in total. The molecule has 0 aliphatic heterocycles. The van der Waals surface area contributed by atoms with Gasteiger partial charge in [-0.2, -0.15) is 0 Å². The Labute approximate surface area is 181 Å². The highest BCUT2D eigenvalue weighted by molar-refractivity contribution is 5.84. The summed E-state index contributed by atoms with van der Waals surface area (Å²) in [5.41, 5.74) is 3.09. The molecule has 5 heteroatoms. The number of carbonyl (C=O) groups is 2. The van der Waals surface area contributed by atoms with Crippen LogP contribution in [0.3, 0.4) is 0 Å². The summed E-state index contributed by atoms with van der Waals surface area (Å²) in [5.74, 6) is -0.108. The summed E-state index contributed by atoms with van der Waals surface area (Å²) in [6.07, 6.45) is 3.09. The second-order valence-electron chi connectivity index (χ2n) is 6.63. The van der Waals surface area contributed by atoms with E-state index in [2.05, 4.69) is 30.2 Å². The SMILES string of the molecule is C=CC(=O)Oc1ccc(N(CCc2ccccc2)c2ccc(OC(=O)C=C)cc2)cc1. The lowest BCUT2D eigenvalue weighted by atomic mass is 10.1. The second kappa shape index (κ2) is 10.6. The number of nitrogens with zero attached hydrogens (tertiary/aromatic N) is 1. The third-order valence-corrected chi connectivity index (χ3v) is 4.53. The zero-order valence-corrected chi connectivity index (χ0v) is 17.1. The molecule has 3 aromatic carbocycles. The number of esters is 2. The molecule has 0 spiro atoms. The van der Waals surface area contributed by atoms with Crippen LogP contribution in [0.4, 0.5) is 11.4 Å². The average molecular weight is 413 g/mol. The largest absolute Gasteiger partial charge is 0.423 e. The fraction of sp³-hybridized carbons (Fsp3) is 0.0769. The van der Waals surface area contributed by atoms with Crippen LogP contribution in [0.1, 0.15) is 5.56 Å². The zero-order valence-electron chi connectivity index (χ0n) is 17.1. The first-order valence-electron chi connectivity index (χ1n) is 9.79. The lowest BCUT2D eigenvalue weighted by Gasteiger charge is -2.25. The molecular weight excluding hydrogens is 390 g/mol. The number of hydrogen-bond acceptors (Lipinski definition) is 5. The topological polar surface area (TPSA) is 55.8 Å². The van der Waals surface area contributed by atoms with Crippen LogP contribution in [0.2, 0.25) is 0 Å². The molecule has 0 atom stereocenters. The Hall–Kier alpha value is -4.12. The predicted molar refractivity (Wildman–Crippen MR) is 122 cm³/mol. The Morgan fingerprint density at radius 2 is 1.16 bits per heavy atom. The van der Waals surface area contributed by atoms with Crippen molar-refractivity contribution in [3.05, 3.63) is 110 Å². The number of anilines is 2. The van der Waals surface area contributed by atoms with Crippen molar-refractivity contribution in [2.24, 2.45) is 0 Å². The summed E-state index contributed by atoms with van der Waals surface area (Å²) in [4.78, 5) is 25.0. The molecule has 0 N–H and O–H groups in total. The highest BCUT2D eigenvalue weighted by Gasteiger charge is 2.11. The van der Waals surface area contributed by atoms with E-state index in [1.165, 1.54) is 5.56 Å². The third-order valence-electron chi connectivity index (χ3n) is 4.53. The lowest BCUT2D eigenvalue weighted by Crippen LogP contribution is -2.20. The summed E-state index contributed by atoms with van der Waals surface area (Å²) in [7, 11) is 0. The summed E-state index contributed by atoms with van der Waals surface area (Å²) in [6, 6.07) is 24.7. The molecule has 0 aliphatic carbocycles. The molecule has 0 bridgehead atoms. The summed E-state index contributed by atoms with van der Waals surface area (Å²) >= 11 is 0. The molecular formula is C26H23NO4. The molecule has 0 saturated carbocycles. The smallest absolute Gasteiger partial charge is 0.335 e. The molecule has 0 amide bonds. The maximum Gasteiger partial charge on any atom is 0.335 e. The van der Waals surface area contributed by atoms with Crippen LogP contribution in [-0.4, -0.2) is 18.5 Å². The Bertz CT molecular complexity index is 976. The van der Waals surface area contributed by atoms with Gasteiger partial charge in [-0.3, -0.25) is 0 Å². The van der Waals surface area contributed by atoms with E-state index in [1.807, 2.05) is 42.5 Å². The Morgan fingerprint density at radius 3 is 1.58 bits per heavy atom. The van der Waals surface area contributed by atoms with Crippen LogP contribution in [0.5, 0.6) is 11.5 Å². The number of hydrogen-bond donors (Lipinski definition) is 0. The van der Waals surface area contributed by atoms with Gasteiger partial charge in [0, 0.05) is 30.1 Å². The monoisotopic (exact) mass is 413 g/mol. The molecule has 31 heavy (non-hydrogen) atoms. The molecule has 0 aromatic heterocycles. The van der Waals surface area contributed by atoms with Crippen LogP contribution < -0.4 is 14.4 Å². The van der Waals surface area contributed by atoms with Crippen LogP contribution in [0.25, 0.3) is 0 Å². The van der Waals surface area contributed by atoms with E-state index in [9.17, 15) is 9.59 Å². The van der Waals surface area contributed by atoms with E-state index < -0.39 is 11.9 Å². The van der Waals surface area contributed by atoms with Crippen molar-refractivity contribution in [3.8, 4) is 11.5 Å². The lowest BCUT2D eigenvalue weighted by molar-refractivity contribution is -0.129. The number of carbonyl (C=O) groups excluding carboxylic acids is 2. The summed E-state index contributed by atoms with van der Waals surface area (Å²) in [6.45, 7) is 7.54. The Morgan fingerprint density at radius 1 is 0.710 bits per heavy atom. The minimum absolute atomic E-state index is 0.448. The first-order chi connectivity index (χ1) is 15.1. The first kappa shape index (κ1) is 21.6. The molecule has 0 radical (unpaired) electrons. The predicted octanol–water partition coefficient (Wildman–Crippen LogP) is 5.25. The van der Waals surface area contributed by atoms with Crippen molar-refractivity contribution in [2.75, 3.05) is 11.4 Å². The minimum Gasteiger partial charge on any atom is -0.423 e. The highest BCUT2D eigenvalue weighted by atomic mass is 16.5. The third kappa shape index (κ3) is 6.18. The van der Waals surface area contributed by atoms with Crippen molar-refractivity contribution in [1.29, 1.82) is 0 Å². The Balaban J connectivity index is 1.83. The van der Waals surface area contributed by atoms with Gasteiger partial charge in [-0.15, -0.1) is 0 Å². The van der Waals surface area contributed by atoms with Gasteiger partial charge in [0.05, 0.1) is 0 Å². The number of rotatable bonds is 9. The standard InChI is InChI=1S/C26H23NO4/c1-3-25(28)30-23-14-10-21(11-15-23)27(19-18-20-8-6-5-7-9-20)22-12-16-24(17-13-22)31-26(29)4-2/h3-17H,1-2,18-19H2. The average Bonchev–Trinajstić information content (AvgIpc) is 2.81. The zero-order chi connectivity index (χ0) is 22.1. The molecule has 0 fully saturated rings. The van der Waals surface area contributed by atoms with Crippen molar-refractivity contribution in [1.82, 2.24) is 0 Å². The van der Waals surface area contributed by atoms with Crippen molar-refractivity contribution < 1.29 is 19.1 Å². The van der Waals surface area contributed by atoms with Gasteiger partial charge in [-0.05, 0) is 60.5 Å². The minimum atomic E-state index is -0.502. The molecule has 0 unspecified atom stereocenters. The second-order valence-corrected chi connectivity index (χ2v) is 6.63. The quantitative estimate of drug-likeness (QED) is 0.272. The van der Waals surface area contributed by atoms with Crippen LogP contribution in [0.15, 0.2) is 104 Å². The molecule has 0 aliphatic rings. The van der Waals surface area contributed by atoms with Gasteiger partial charge in [0.1, 0.15) is 11.5 Å². The highest BCUT2D eigenvalue weighted by Crippen LogP contribution is 2.29. The molecule has 156 valence electrons. The summed E-state index contributed by atoms with van der Waals surface area (Å²) in [5, 5.41) is 0. The number of ether oxygens (including phenoxy) is 2. The van der Waals surface area contributed by atoms with Crippen molar-refractivity contribution >= 4 is 23.3 Å². The Kier molecular flexibility index (Phi) is 7.38. The van der Waals surface area contributed by atoms with E-state index in [4.69, 9.17) is 9.47 Å². The van der Waals surface area contributed by atoms with Crippen LogP contribution in [0, 0.1) is 0 Å². The maximum absolute atomic E-state index is 11.4. The van der Waals surface area contributed by atoms with E-state index in [1.54, 1.807) is 24.3 Å². The van der Waals surface area contributed by atoms with E-state index >= 15 is 0 Å². The van der Waals surface area contributed by atoms with E-state index in [0.29, 0.717) is 11.5 Å². The molecule has 0 heterocycles. The molecule has 3 rings (SSSR count). The van der Waals surface area contributed by atoms with Crippen molar-refractivity contribution in [2.45, 2.75) is 6.42 Å². The fourth-order valence-electron chi connectivity index (χ4n) is 3.00. The molecule has 3 aromatic rings. The van der Waals surface area contributed by atoms with Gasteiger partial charge in [-0.25, -0.2) is 9.59 Å². The maximum atomic E-state index is 11.4. The van der Waals surface area contributed by atoms with Gasteiger partial charge in [0.2, 0.25) is 0 Å². The molecule has 0 saturated heterocycles. The van der Waals surface area contributed by atoms with Gasteiger partial charge in [0.15, 0.2) is 0 Å². The van der Waals surface area contributed by atoms with Gasteiger partial charge < -0.3 is 14.4 Å². The van der Waals surface area contributed by atoms with Crippen LogP contribution >= 0.6 is 0 Å². The van der Waals surface area contributed by atoms with Crippen molar-refractivity contribution in [3.63, 3.8) is 0 Å². The summed E-state index contributed by atoms with van der Waals surface area (Å²) < 4.78 is 10.3. The van der Waals surface area contributed by atoms with Gasteiger partial charge in [-0.1, -0.05) is 43.5 Å². The van der Waals surface area contributed by atoms with Gasteiger partial charge >= 0.3 is 11.9 Å². The normalized spacial score (nSPS) is 10.1. The van der Waals surface area contributed by atoms with E-state index in [-0.39, 0.29) is 0 Å². The van der Waals surface area contributed by atoms with E-state index in [0.717, 1.165) is 36.5 Å². The fourth-order valence-corrected chi connectivity index (χ4v) is 3.00. The number of benzene rings is 3. The first-order valence-corrected chi connectivity index (χ1v) is 9.79.